The van der Waals surface area contributed by atoms with Crippen LogP contribution in [-0.4, -0.2) is 24.5 Å². The van der Waals surface area contributed by atoms with Gasteiger partial charge in [-0.1, -0.05) is 6.07 Å². The molecular formula is C14H14N2O4S. The highest BCUT2D eigenvalue weighted by Gasteiger charge is 2.19. The summed E-state index contributed by atoms with van der Waals surface area (Å²) in [5, 5.41) is 8.80. The zero-order chi connectivity index (χ0) is 15.5. The zero-order valence-corrected chi connectivity index (χ0v) is 12.0. The van der Waals surface area contributed by atoms with Crippen molar-refractivity contribution in [1.29, 1.82) is 0 Å². The Morgan fingerprint density at radius 3 is 2.38 bits per heavy atom. The molecule has 1 unspecified atom stereocenters. The third-order valence-corrected chi connectivity index (χ3v) is 4.43. The highest BCUT2D eigenvalue weighted by Crippen LogP contribution is 2.15. The summed E-state index contributed by atoms with van der Waals surface area (Å²) in [6.07, 6.45) is 1.59. The quantitative estimate of drug-likeness (QED) is 0.878. The number of carboxylic acids is 1. The molecule has 1 aromatic heterocycles. The molecule has 0 fully saturated rings. The Morgan fingerprint density at radius 2 is 1.86 bits per heavy atom. The molecule has 0 bridgehead atoms. The molecule has 6 nitrogen and oxygen atoms in total. The third-order valence-electron chi connectivity index (χ3n) is 2.87. The first kappa shape index (κ1) is 15.1. The smallest absolute Gasteiger partial charge is 0.335 e. The average Bonchev–Trinajstić information content (AvgIpc) is 2.48. The fourth-order valence-corrected chi connectivity index (χ4v) is 2.99. The van der Waals surface area contributed by atoms with Gasteiger partial charge in [0.25, 0.3) is 0 Å². The fraction of sp³-hybridized carbons (Fsp3) is 0.143. The summed E-state index contributed by atoms with van der Waals surface area (Å²) in [5.41, 5.74) is 0.634. The normalized spacial score (nSPS) is 12.8. The van der Waals surface area contributed by atoms with E-state index in [0.717, 1.165) is 0 Å². The topological polar surface area (TPSA) is 96.4 Å². The number of aromatic carboxylic acids is 1. The fourth-order valence-electron chi connectivity index (χ4n) is 1.77. The zero-order valence-electron chi connectivity index (χ0n) is 11.2. The maximum absolute atomic E-state index is 12.2. The van der Waals surface area contributed by atoms with Crippen LogP contribution in [0.15, 0.2) is 53.6 Å². The third kappa shape index (κ3) is 3.65. The van der Waals surface area contributed by atoms with Gasteiger partial charge in [0.05, 0.1) is 22.2 Å². The number of carboxylic acid groups (broad SMARTS) is 1. The molecule has 2 rings (SSSR count). The summed E-state index contributed by atoms with van der Waals surface area (Å²) >= 11 is 0. The molecule has 1 atom stereocenters. The van der Waals surface area contributed by atoms with Crippen LogP contribution >= 0.6 is 0 Å². The van der Waals surface area contributed by atoms with Gasteiger partial charge in [0.2, 0.25) is 10.0 Å². The van der Waals surface area contributed by atoms with Gasteiger partial charge in [-0.15, -0.1) is 0 Å². The average molecular weight is 306 g/mol. The van der Waals surface area contributed by atoms with E-state index in [1.165, 1.54) is 24.3 Å². The summed E-state index contributed by atoms with van der Waals surface area (Å²) in [4.78, 5) is 14.9. The van der Waals surface area contributed by atoms with E-state index in [-0.39, 0.29) is 10.5 Å². The lowest BCUT2D eigenvalue weighted by atomic mass is 10.2. The van der Waals surface area contributed by atoms with Crippen molar-refractivity contribution in [1.82, 2.24) is 9.71 Å². The predicted molar refractivity (Wildman–Crippen MR) is 76.4 cm³/mol. The second-order valence-corrected chi connectivity index (χ2v) is 6.14. The number of rotatable bonds is 5. The Balaban J connectivity index is 2.20. The van der Waals surface area contributed by atoms with Crippen molar-refractivity contribution in [2.75, 3.05) is 0 Å². The van der Waals surface area contributed by atoms with Gasteiger partial charge in [-0.25, -0.2) is 17.9 Å². The molecule has 0 aliphatic carbocycles. The van der Waals surface area contributed by atoms with E-state index >= 15 is 0 Å². The lowest BCUT2D eigenvalue weighted by molar-refractivity contribution is 0.0696. The second kappa shape index (κ2) is 6.02. The number of nitrogens with one attached hydrogen (secondary N) is 1. The van der Waals surface area contributed by atoms with Gasteiger partial charge in [-0.2, -0.15) is 0 Å². The molecule has 0 amide bonds. The molecule has 0 saturated carbocycles. The van der Waals surface area contributed by atoms with E-state index in [4.69, 9.17) is 5.11 Å². The molecule has 1 aromatic carbocycles. The minimum Gasteiger partial charge on any atom is -0.478 e. The van der Waals surface area contributed by atoms with Gasteiger partial charge < -0.3 is 5.11 Å². The maximum Gasteiger partial charge on any atom is 0.335 e. The molecule has 21 heavy (non-hydrogen) atoms. The lowest BCUT2D eigenvalue weighted by Crippen LogP contribution is -2.27. The highest BCUT2D eigenvalue weighted by atomic mass is 32.2. The Hall–Kier alpha value is -2.25. The first-order valence-corrected chi connectivity index (χ1v) is 7.65. The van der Waals surface area contributed by atoms with E-state index in [1.807, 2.05) is 0 Å². The van der Waals surface area contributed by atoms with Crippen LogP contribution in [0.2, 0.25) is 0 Å². The number of carbonyl (C=O) groups is 1. The Kier molecular flexibility index (Phi) is 4.35. The number of sulfonamides is 1. The first-order valence-electron chi connectivity index (χ1n) is 6.17. The van der Waals surface area contributed by atoms with Crippen molar-refractivity contribution in [3.8, 4) is 0 Å². The van der Waals surface area contributed by atoms with Gasteiger partial charge in [0.15, 0.2) is 0 Å². The van der Waals surface area contributed by atoms with Crippen LogP contribution in [0.4, 0.5) is 0 Å². The molecular weight excluding hydrogens is 292 g/mol. The molecule has 110 valence electrons. The van der Waals surface area contributed by atoms with Crippen molar-refractivity contribution < 1.29 is 18.3 Å². The molecule has 0 aliphatic heterocycles. The summed E-state index contributed by atoms with van der Waals surface area (Å²) < 4.78 is 26.9. The van der Waals surface area contributed by atoms with Crippen LogP contribution in [0, 0.1) is 0 Å². The summed E-state index contributed by atoms with van der Waals surface area (Å²) in [5.74, 6) is -1.10. The van der Waals surface area contributed by atoms with Crippen LogP contribution in [0.1, 0.15) is 29.0 Å². The highest BCUT2D eigenvalue weighted by molar-refractivity contribution is 7.89. The lowest BCUT2D eigenvalue weighted by Gasteiger charge is -2.13. The number of hydrogen-bond acceptors (Lipinski definition) is 4. The standard InChI is InChI=1S/C14H14N2O4S/c1-10(13-4-2-3-9-15-13)16-21(19,20)12-7-5-11(6-8-12)14(17)18/h2-10,16H,1H3,(H,17,18). The Morgan fingerprint density at radius 1 is 1.19 bits per heavy atom. The van der Waals surface area contributed by atoms with Gasteiger partial charge in [0, 0.05) is 6.20 Å². The summed E-state index contributed by atoms with van der Waals surface area (Å²) in [7, 11) is -3.73. The van der Waals surface area contributed by atoms with E-state index in [2.05, 4.69) is 9.71 Å². The molecule has 0 radical (unpaired) electrons. The van der Waals surface area contributed by atoms with Crippen molar-refractivity contribution in [2.45, 2.75) is 17.9 Å². The molecule has 2 N–H and O–H groups in total. The van der Waals surface area contributed by atoms with Crippen LogP contribution in [0.25, 0.3) is 0 Å². The van der Waals surface area contributed by atoms with E-state index < -0.39 is 22.0 Å². The van der Waals surface area contributed by atoms with E-state index in [9.17, 15) is 13.2 Å². The molecule has 0 spiro atoms. The molecule has 1 heterocycles. The molecule has 0 saturated heterocycles. The van der Waals surface area contributed by atoms with E-state index in [0.29, 0.717) is 5.69 Å². The van der Waals surface area contributed by atoms with Crippen molar-refractivity contribution in [2.24, 2.45) is 0 Å². The minimum atomic E-state index is -3.73. The van der Waals surface area contributed by atoms with Gasteiger partial charge in [-0.05, 0) is 43.3 Å². The first-order chi connectivity index (χ1) is 9.90. The molecule has 7 heteroatoms. The Bertz CT molecular complexity index is 727. The Labute approximate surface area is 122 Å². The van der Waals surface area contributed by atoms with Crippen LogP contribution in [0.5, 0.6) is 0 Å². The van der Waals surface area contributed by atoms with Crippen molar-refractivity contribution >= 4 is 16.0 Å². The SMILES string of the molecule is CC(NS(=O)(=O)c1ccc(C(=O)O)cc1)c1ccccn1. The van der Waals surface area contributed by atoms with Crippen molar-refractivity contribution in [3.63, 3.8) is 0 Å². The second-order valence-electron chi connectivity index (χ2n) is 4.43. The number of pyridine rings is 1. The van der Waals surface area contributed by atoms with Crippen molar-refractivity contribution in [3.05, 3.63) is 59.9 Å². The summed E-state index contributed by atoms with van der Waals surface area (Å²) in [6.45, 7) is 1.69. The predicted octanol–water partition coefficient (Wildman–Crippen LogP) is 1.82. The largest absolute Gasteiger partial charge is 0.478 e. The summed E-state index contributed by atoms with van der Waals surface area (Å²) in [6, 6.07) is 9.78. The van der Waals surface area contributed by atoms with Crippen LogP contribution < -0.4 is 4.72 Å². The monoisotopic (exact) mass is 306 g/mol. The van der Waals surface area contributed by atoms with E-state index in [1.54, 1.807) is 31.3 Å². The van der Waals surface area contributed by atoms with Gasteiger partial charge >= 0.3 is 5.97 Å². The van der Waals surface area contributed by atoms with Gasteiger partial charge in [0.1, 0.15) is 0 Å². The number of aromatic nitrogens is 1. The van der Waals surface area contributed by atoms with Crippen LogP contribution in [-0.2, 0) is 10.0 Å². The maximum atomic E-state index is 12.2. The number of nitrogens with zero attached hydrogens (tertiary/aromatic N) is 1. The van der Waals surface area contributed by atoms with Crippen LogP contribution in [0.3, 0.4) is 0 Å². The number of hydrogen-bond donors (Lipinski definition) is 2. The molecule has 0 aliphatic rings. The molecule has 2 aromatic rings. The number of benzene rings is 1. The minimum absolute atomic E-state index is 0.00952. The van der Waals surface area contributed by atoms with Gasteiger partial charge in [-0.3, -0.25) is 4.98 Å².